The lowest BCUT2D eigenvalue weighted by Crippen LogP contribution is -2.06. The van der Waals surface area contributed by atoms with Crippen LogP contribution in [0, 0.1) is 0 Å². The highest BCUT2D eigenvalue weighted by molar-refractivity contribution is 6.28. The number of nitrogens with one attached hydrogen (secondary N) is 1. The highest BCUT2D eigenvalue weighted by Crippen LogP contribution is 2.18. The van der Waals surface area contributed by atoms with Gasteiger partial charge in [-0.1, -0.05) is 54.6 Å². The van der Waals surface area contributed by atoms with Crippen molar-refractivity contribution >= 4 is 17.0 Å². The molecule has 3 nitrogen and oxygen atoms in total. The Morgan fingerprint density at radius 2 is 1.48 bits per heavy atom. The molecule has 1 N–H and O–H groups in total. The first kappa shape index (κ1) is 14.7. The van der Waals surface area contributed by atoms with Gasteiger partial charge in [-0.25, -0.2) is 0 Å². The van der Waals surface area contributed by atoms with Crippen molar-refractivity contribution in [2.45, 2.75) is 0 Å². The topological polar surface area (TPSA) is 42.0 Å². The number of benzene rings is 2. The van der Waals surface area contributed by atoms with Gasteiger partial charge in [0.15, 0.2) is 5.78 Å². The number of hydrogen-bond donors (Lipinski definition) is 1. The third kappa shape index (κ3) is 3.71. The zero-order valence-corrected chi connectivity index (χ0v) is 12.5. The second-order valence-corrected chi connectivity index (χ2v) is 4.98. The molecule has 0 aliphatic rings. The van der Waals surface area contributed by atoms with Gasteiger partial charge in [0.1, 0.15) is 0 Å². The maximum absolute atomic E-state index is 12.8. The lowest BCUT2D eigenvalue weighted by atomic mass is 10.0. The number of Topliss-reactive ketones (excluding diaryl/α,β-unsaturated/α-hetero) is 1. The van der Waals surface area contributed by atoms with Gasteiger partial charge in [0, 0.05) is 23.6 Å². The van der Waals surface area contributed by atoms with E-state index in [-0.39, 0.29) is 5.78 Å². The molecule has 3 heteroatoms. The Hall–Kier alpha value is -3.20. The highest BCUT2D eigenvalue weighted by Gasteiger charge is 2.15. The largest absolute Gasteiger partial charge is 0.361 e. The molecule has 0 bridgehead atoms. The van der Waals surface area contributed by atoms with E-state index in [0.717, 1.165) is 5.69 Å². The summed E-state index contributed by atoms with van der Waals surface area (Å²) in [5.41, 5.74) is 2.73. The molecule has 0 fully saturated rings. The third-order valence-corrected chi connectivity index (χ3v) is 3.38. The van der Waals surface area contributed by atoms with Crippen LogP contribution >= 0.6 is 0 Å². The normalized spacial score (nSPS) is 11.0. The molecule has 0 saturated heterocycles. The summed E-state index contributed by atoms with van der Waals surface area (Å²) in [7, 11) is 0. The summed E-state index contributed by atoms with van der Waals surface area (Å²) < 4.78 is 0. The lowest BCUT2D eigenvalue weighted by molar-refractivity contribution is 0.105. The van der Waals surface area contributed by atoms with Gasteiger partial charge in [-0.2, -0.15) is 0 Å². The fraction of sp³-hybridized carbons (Fsp3) is 0. The van der Waals surface area contributed by atoms with Gasteiger partial charge in [-0.3, -0.25) is 9.78 Å². The molecule has 3 rings (SSSR count). The number of carbonyl (C=O) groups is 1. The fourth-order valence-electron chi connectivity index (χ4n) is 2.21. The molecular weight excluding hydrogens is 284 g/mol. The van der Waals surface area contributed by atoms with Gasteiger partial charge in [-0.15, -0.1) is 0 Å². The van der Waals surface area contributed by atoms with Crippen molar-refractivity contribution in [3.8, 4) is 0 Å². The fourth-order valence-corrected chi connectivity index (χ4v) is 2.21. The molecule has 0 spiro atoms. The monoisotopic (exact) mass is 300 g/mol. The predicted molar refractivity (Wildman–Crippen MR) is 93.1 cm³/mol. The number of anilines is 1. The Bertz CT molecular complexity index is 797. The molecule has 0 amide bonds. The molecular formula is C20H16N2O. The van der Waals surface area contributed by atoms with E-state index < -0.39 is 0 Å². The summed E-state index contributed by atoms with van der Waals surface area (Å²) in [6.07, 6.45) is 3.40. The second kappa shape index (κ2) is 7.18. The van der Waals surface area contributed by atoms with Gasteiger partial charge >= 0.3 is 0 Å². The Balaban J connectivity index is 1.96. The SMILES string of the molecule is O=C(/C(=C\Nc1ccccc1)c1ccccn1)c1ccccc1. The predicted octanol–water partition coefficient (Wildman–Crippen LogP) is 4.42. The number of carbonyl (C=O) groups excluding carboxylic acids is 1. The Kier molecular flexibility index (Phi) is 4.60. The van der Waals surface area contributed by atoms with Crippen molar-refractivity contribution in [2.24, 2.45) is 0 Å². The average molecular weight is 300 g/mol. The van der Waals surface area contributed by atoms with Crippen molar-refractivity contribution in [3.63, 3.8) is 0 Å². The minimum absolute atomic E-state index is 0.0623. The molecule has 0 saturated carbocycles. The Morgan fingerprint density at radius 3 is 2.13 bits per heavy atom. The average Bonchev–Trinajstić information content (AvgIpc) is 2.64. The maximum Gasteiger partial charge on any atom is 0.196 e. The summed E-state index contributed by atoms with van der Waals surface area (Å²) in [6.45, 7) is 0. The minimum atomic E-state index is -0.0623. The maximum atomic E-state index is 12.8. The first-order chi connectivity index (χ1) is 11.3. The standard InChI is InChI=1S/C20H16N2O/c23-20(16-9-3-1-4-10-16)18(19-13-7-8-14-21-19)15-22-17-11-5-2-6-12-17/h1-15,22H/b18-15-. The zero-order chi connectivity index (χ0) is 15.9. The van der Waals surface area contributed by atoms with Crippen LogP contribution < -0.4 is 5.32 Å². The van der Waals surface area contributed by atoms with Crippen molar-refractivity contribution in [2.75, 3.05) is 5.32 Å². The molecule has 0 aliphatic carbocycles. The number of aromatic nitrogens is 1. The van der Waals surface area contributed by atoms with Crippen LogP contribution in [-0.4, -0.2) is 10.8 Å². The van der Waals surface area contributed by atoms with E-state index in [2.05, 4.69) is 10.3 Å². The number of rotatable bonds is 5. The van der Waals surface area contributed by atoms with Crippen molar-refractivity contribution in [1.29, 1.82) is 0 Å². The molecule has 0 aliphatic heterocycles. The van der Waals surface area contributed by atoms with Gasteiger partial charge in [0.25, 0.3) is 0 Å². The Morgan fingerprint density at radius 1 is 0.826 bits per heavy atom. The van der Waals surface area contributed by atoms with E-state index in [1.54, 1.807) is 12.4 Å². The van der Waals surface area contributed by atoms with Crippen LogP contribution in [0.4, 0.5) is 5.69 Å². The number of allylic oxidation sites excluding steroid dienone is 1. The van der Waals surface area contributed by atoms with Crippen LogP contribution in [0.15, 0.2) is 91.3 Å². The summed E-state index contributed by atoms with van der Waals surface area (Å²) in [5.74, 6) is -0.0623. The summed E-state index contributed by atoms with van der Waals surface area (Å²) in [5, 5.41) is 3.17. The van der Waals surface area contributed by atoms with Gasteiger partial charge in [0.2, 0.25) is 0 Å². The number of para-hydroxylation sites is 1. The van der Waals surface area contributed by atoms with Crippen LogP contribution in [0.2, 0.25) is 0 Å². The zero-order valence-electron chi connectivity index (χ0n) is 12.5. The number of hydrogen-bond acceptors (Lipinski definition) is 3. The van der Waals surface area contributed by atoms with Crippen LogP contribution in [0.1, 0.15) is 16.1 Å². The van der Waals surface area contributed by atoms with E-state index in [0.29, 0.717) is 16.8 Å². The number of ketones is 1. The van der Waals surface area contributed by atoms with Gasteiger partial charge in [-0.05, 0) is 24.3 Å². The van der Waals surface area contributed by atoms with Gasteiger partial charge < -0.3 is 5.32 Å². The van der Waals surface area contributed by atoms with Crippen LogP contribution in [-0.2, 0) is 0 Å². The number of pyridine rings is 1. The van der Waals surface area contributed by atoms with E-state index in [1.165, 1.54) is 0 Å². The van der Waals surface area contributed by atoms with E-state index in [4.69, 9.17) is 0 Å². The first-order valence-electron chi connectivity index (χ1n) is 7.37. The van der Waals surface area contributed by atoms with Crippen LogP contribution in [0.25, 0.3) is 5.57 Å². The molecule has 112 valence electrons. The molecule has 1 aromatic heterocycles. The molecule has 1 heterocycles. The molecule has 0 atom stereocenters. The van der Waals surface area contributed by atoms with E-state index >= 15 is 0 Å². The molecule has 2 aromatic carbocycles. The van der Waals surface area contributed by atoms with Crippen molar-refractivity contribution in [1.82, 2.24) is 4.98 Å². The van der Waals surface area contributed by atoms with Crippen molar-refractivity contribution < 1.29 is 4.79 Å². The highest BCUT2D eigenvalue weighted by atomic mass is 16.1. The number of nitrogens with zero attached hydrogens (tertiary/aromatic N) is 1. The summed E-state index contributed by atoms with van der Waals surface area (Å²) in [6, 6.07) is 24.5. The van der Waals surface area contributed by atoms with Crippen molar-refractivity contribution in [3.05, 3.63) is 103 Å². The molecule has 0 unspecified atom stereocenters. The van der Waals surface area contributed by atoms with Crippen LogP contribution in [0.3, 0.4) is 0 Å². The smallest absolute Gasteiger partial charge is 0.196 e. The Labute approximate surface area is 135 Å². The van der Waals surface area contributed by atoms with Gasteiger partial charge in [0.05, 0.1) is 11.3 Å². The summed E-state index contributed by atoms with van der Waals surface area (Å²) >= 11 is 0. The lowest BCUT2D eigenvalue weighted by Gasteiger charge is -2.08. The van der Waals surface area contributed by atoms with E-state index in [1.807, 2.05) is 78.9 Å². The molecule has 3 aromatic rings. The van der Waals surface area contributed by atoms with E-state index in [9.17, 15) is 4.79 Å². The summed E-state index contributed by atoms with van der Waals surface area (Å²) in [4.78, 5) is 17.1. The first-order valence-corrected chi connectivity index (χ1v) is 7.37. The molecule has 23 heavy (non-hydrogen) atoms. The third-order valence-electron chi connectivity index (χ3n) is 3.38. The van der Waals surface area contributed by atoms with Crippen LogP contribution in [0.5, 0.6) is 0 Å². The second-order valence-electron chi connectivity index (χ2n) is 4.98. The quantitative estimate of drug-likeness (QED) is 0.560. The molecule has 0 radical (unpaired) electrons. The minimum Gasteiger partial charge on any atom is -0.361 e.